The summed E-state index contributed by atoms with van der Waals surface area (Å²) in [5.41, 5.74) is 2.65. The molecule has 1 aromatic carbocycles. The number of fused-ring (bicyclic) bond motifs is 4. The van der Waals surface area contributed by atoms with Crippen LogP contribution in [0, 0.1) is 5.41 Å². The minimum Gasteiger partial charge on any atom is -0.465 e. The van der Waals surface area contributed by atoms with E-state index >= 15 is 0 Å². The molecule has 1 aromatic heterocycles. The van der Waals surface area contributed by atoms with Crippen molar-refractivity contribution >= 4 is 44.6 Å². The highest BCUT2D eigenvalue weighted by Crippen LogP contribution is 2.54. The average molecular weight is 527 g/mol. The summed E-state index contributed by atoms with van der Waals surface area (Å²) >= 11 is 3.48. The summed E-state index contributed by atoms with van der Waals surface area (Å²) in [5.74, 6) is -0.803. The quantitative estimate of drug-likeness (QED) is 0.433. The van der Waals surface area contributed by atoms with Gasteiger partial charge in [-0.05, 0) is 36.6 Å². The van der Waals surface area contributed by atoms with E-state index in [0.29, 0.717) is 29.7 Å². The van der Waals surface area contributed by atoms with Gasteiger partial charge in [0.1, 0.15) is 12.6 Å². The van der Waals surface area contributed by atoms with Gasteiger partial charge in [0.2, 0.25) is 0 Å². The van der Waals surface area contributed by atoms with Crippen LogP contribution in [-0.4, -0.2) is 42.7 Å². The molecule has 2 heterocycles. The number of aromatic nitrogens is 1. The molecule has 1 aliphatic heterocycles. The summed E-state index contributed by atoms with van der Waals surface area (Å²) in [4.78, 5) is 16.2. The maximum Gasteiger partial charge on any atom is 0.406 e. The van der Waals surface area contributed by atoms with E-state index in [1.165, 1.54) is 11.5 Å². The van der Waals surface area contributed by atoms with Crippen molar-refractivity contribution in [2.75, 3.05) is 13.7 Å². The second-order valence-electron chi connectivity index (χ2n) is 9.24. The van der Waals surface area contributed by atoms with E-state index in [0.717, 1.165) is 21.0 Å². The van der Waals surface area contributed by atoms with E-state index in [1.54, 1.807) is 25.5 Å². The van der Waals surface area contributed by atoms with Crippen molar-refractivity contribution in [1.29, 1.82) is 0 Å². The molecule has 178 valence electrons. The number of ether oxygens (including phenoxy) is 2. The average Bonchev–Trinajstić information content (AvgIpc) is 3.03. The Labute approximate surface area is 198 Å². The molecule has 0 radical (unpaired) electrons. The number of carbonyl (C=O) groups excluding carboxylic acids is 1. The Morgan fingerprint density at radius 2 is 2.03 bits per heavy atom. The van der Waals surface area contributed by atoms with Crippen LogP contribution in [0.1, 0.15) is 50.8 Å². The monoisotopic (exact) mass is 526 g/mol. The zero-order chi connectivity index (χ0) is 24.1. The smallest absolute Gasteiger partial charge is 0.406 e. The van der Waals surface area contributed by atoms with Gasteiger partial charge in [-0.2, -0.15) is 13.2 Å². The van der Waals surface area contributed by atoms with E-state index in [9.17, 15) is 18.0 Å². The van der Waals surface area contributed by atoms with Crippen LogP contribution in [0.4, 0.5) is 13.2 Å². The first kappa shape index (κ1) is 24.0. The van der Waals surface area contributed by atoms with Crippen LogP contribution in [0.15, 0.2) is 33.4 Å². The minimum atomic E-state index is -4.40. The fourth-order valence-corrected chi connectivity index (χ4v) is 5.50. The zero-order valence-electron chi connectivity index (χ0n) is 18.9. The molecule has 0 saturated carbocycles. The fourth-order valence-electron chi connectivity index (χ4n) is 5.13. The molecule has 1 unspecified atom stereocenters. The Bertz CT molecular complexity index is 1160. The maximum absolute atomic E-state index is 13.7. The van der Waals surface area contributed by atoms with Crippen LogP contribution in [0.5, 0.6) is 0 Å². The van der Waals surface area contributed by atoms with Crippen molar-refractivity contribution in [3.8, 4) is 0 Å². The molecule has 0 spiro atoms. The number of hydrogen-bond acceptors (Lipinski definition) is 4. The Kier molecular flexibility index (Phi) is 6.24. The summed E-state index contributed by atoms with van der Waals surface area (Å²) in [6.45, 7) is 4.22. The third-order valence-electron chi connectivity index (χ3n) is 6.38. The highest BCUT2D eigenvalue weighted by atomic mass is 79.9. The van der Waals surface area contributed by atoms with Gasteiger partial charge >= 0.3 is 12.1 Å². The highest BCUT2D eigenvalue weighted by Gasteiger charge is 2.48. The van der Waals surface area contributed by atoms with E-state index in [2.05, 4.69) is 20.9 Å². The largest absolute Gasteiger partial charge is 0.465 e. The lowest BCUT2D eigenvalue weighted by atomic mass is 9.67. The van der Waals surface area contributed by atoms with Crippen LogP contribution in [0.2, 0.25) is 0 Å². The number of rotatable bonds is 5. The third-order valence-corrected chi connectivity index (χ3v) is 6.87. The van der Waals surface area contributed by atoms with Gasteiger partial charge < -0.3 is 14.0 Å². The lowest BCUT2D eigenvalue weighted by Gasteiger charge is -2.43. The van der Waals surface area contributed by atoms with Gasteiger partial charge in [0, 0.05) is 52.5 Å². The van der Waals surface area contributed by atoms with E-state index in [4.69, 9.17) is 9.47 Å². The van der Waals surface area contributed by atoms with Gasteiger partial charge in [0.25, 0.3) is 0 Å². The SMILES string of the molecule is CO[C@@H]1C2=C(CCC=N2)c2c(c3cc(Br)ccc3n2CC(F)(F)F)C1C(C)(C)COC(C)=O. The molecule has 2 atom stereocenters. The second-order valence-corrected chi connectivity index (χ2v) is 10.2. The number of carbonyl (C=O) groups is 1. The Hall–Kier alpha value is -2.13. The Balaban J connectivity index is 2.07. The predicted octanol–water partition coefficient (Wildman–Crippen LogP) is 6.24. The maximum atomic E-state index is 13.7. The lowest BCUT2D eigenvalue weighted by molar-refractivity contribution is -0.145. The molecule has 2 aromatic rings. The molecule has 0 amide bonds. The first-order valence-corrected chi connectivity index (χ1v) is 11.5. The zero-order valence-corrected chi connectivity index (χ0v) is 20.5. The van der Waals surface area contributed by atoms with Crippen molar-refractivity contribution in [2.45, 2.75) is 58.4 Å². The number of aliphatic imine (C=N–C) groups is 1. The molecule has 0 saturated heterocycles. The molecule has 33 heavy (non-hydrogen) atoms. The number of allylic oxidation sites excluding steroid dienone is 1. The van der Waals surface area contributed by atoms with Crippen molar-refractivity contribution in [1.82, 2.24) is 4.57 Å². The number of hydrogen-bond donors (Lipinski definition) is 0. The van der Waals surface area contributed by atoms with Gasteiger partial charge in [-0.3, -0.25) is 9.79 Å². The molecule has 1 aliphatic carbocycles. The van der Waals surface area contributed by atoms with Crippen LogP contribution >= 0.6 is 15.9 Å². The second kappa shape index (κ2) is 8.58. The summed E-state index contributed by atoms with van der Waals surface area (Å²) in [6, 6.07) is 5.33. The van der Waals surface area contributed by atoms with Crippen molar-refractivity contribution in [3.63, 3.8) is 0 Å². The third kappa shape index (κ3) is 4.37. The van der Waals surface area contributed by atoms with Gasteiger partial charge in [0.15, 0.2) is 0 Å². The molecule has 0 fully saturated rings. The molecular formula is C24H26BrF3N2O3. The molecule has 0 N–H and O–H groups in total. The molecule has 0 bridgehead atoms. The number of esters is 1. The van der Waals surface area contributed by atoms with Gasteiger partial charge in [-0.25, -0.2) is 0 Å². The molecule has 5 nitrogen and oxygen atoms in total. The number of alkyl halides is 3. The van der Waals surface area contributed by atoms with Crippen molar-refractivity contribution in [3.05, 3.63) is 39.6 Å². The van der Waals surface area contributed by atoms with Gasteiger partial charge in [-0.15, -0.1) is 0 Å². The Morgan fingerprint density at radius 3 is 2.67 bits per heavy atom. The fraction of sp³-hybridized carbons (Fsp3) is 0.500. The van der Waals surface area contributed by atoms with Gasteiger partial charge in [0.05, 0.1) is 18.0 Å². The first-order valence-electron chi connectivity index (χ1n) is 10.7. The molecule has 9 heteroatoms. The standard InChI is InChI=1S/C24H26BrF3N2O3/c1-13(31)33-12-23(2,3)19-18-16-10-14(25)7-8-17(16)30(11-24(26,27)28)21(18)15-6-5-9-29-20(15)22(19)32-4/h7-10,19,22H,5-6,11-12H2,1-4H3/t19?,22-/m0/s1. The topological polar surface area (TPSA) is 52.8 Å². The number of nitrogens with zero attached hydrogens (tertiary/aromatic N) is 2. The van der Waals surface area contributed by atoms with E-state index in [-0.39, 0.29) is 6.61 Å². The van der Waals surface area contributed by atoms with Gasteiger partial charge in [-0.1, -0.05) is 29.8 Å². The van der Waals surface area contributed by atoms with E-state index < -0.39 is 36.1 Å². The van der Waals surface area contributed by atoms with Crippen molar-refractivity contribution in [2.24, 2.45) is 10.4 Å². The van der Waals surface area contributed by atoms with Crippen LogP contribution < -0.4 is 0 Å². The van der Waals surface area contributed by atoms with E-state index in [1.807, 2.05) is 19.9 Å². The normalized spacial score (nSPS) is 20.7. The number of methoxy groups -OCH3 is 1. The number of halogens is 4. The van der Waals surface area contributed by atoms with Crippen LogP contribution in [0.3, 0.4) is 0 Å². The summed E-state index contributed by atoms with van der Waals surface area (Å²) in [7, 11) is 1.59. The lowest BCUT2D eigenvalue weighted by Crippen LogP contribution is -2.41. The minimum absolute atomic E-state index is 0.0958. The summed E-state index contributed by atoms with van der Waals surface area (Å²) in [5, 5.41) is 0.729. The predicted molar refractivity (Wildman–Crippen MR) is 124 cm³/mol. The summed E-state index contributed by atoms with van der Waals surface area (Å²) < 4.78 is 54.7. The first-order chi connectivity index (χ1) is 15.4. The molecule has 2 aliphatic rings. The Morgan fingerprint density at radius 1 is 1.30 bits per heavy atom. The van der Waals surface area contributed by atoms with Crippen LogP contribution in [0.25, 0.3) is 16.5 Å². The molecule has 4 rings (SSSR count). The van der Waals surface area contributed by atoms with Crippen LogP contribution in [-0.2, 0) is 20.8 Å². The van der Waals surface area contributed by atoms with Crippen molar-refractivity contribution < 1.29 is 27.4 Å². The number of benzene rings is 1. The highest BCUT2D eigenvalue weighted by molar-refractivity contribution is 9.10. The molecular weight excluding hydrogens is 501 g/mol. The summed E-state index contributed by atoms with van der Waals surface area (Å²) in [6.07, 6.45) is -1.87.